The van der Waals surface area contributed by atoms with Crippen molar-refractivity contribution in [3.8, 4) is 0 Å². The summed E-state index contributed by atoms with van der Waals surface area (Å²) in [6.07, 6.45) is -0.689. The summed E-state index contributed by atoms with van der Waals surface area (Å²) in [7, 11) is 0. The molecule has 5 rings (SSSR count). The molecule has 3 aliphatic rings. The maximum absolute atomic E-state index is 14.0. The number of nitrogens with zero attached hydrogens (tertiary/aromatic N) is 3. The molecular weight excluding hydrogens is 440 g/mol. The maximum atomic E-state index is 14.0. The minimum absolute atomic E-state index is 0.142. The number of carbonyl (C=O) groups excluding carboxylic acids is 3. The predicted octanol–water partition coefficient (Wildman–Crippen LogP) is 2.77. The fraction of sp³-hybridized carbons (Fsp3) is 0.292. The van der Waals surface area contributed by atoms with Gasteiger partial charge in [-0.25, -0.2) is 9.69 Å². The number of nitrogens with one attached hydrogen (secondary N) is 1. The highest BCUT2D eigenvalue weighted by molar-refractivity contribution is 7.80. The molecule has 1 N–H and O–H groups in total. The molecule has 3 aliphatic heterocycles. The van der Waals surface area contributed by atoms with Gasteiger partial charge in [0, 0.05) is 5.92 Å². The molecule has 33 heavy (non-hydrogen) atoms. The van der Waals surface area contributed by atoms with Crippen LogP contribution in [0.15, 0.2) is 59.7 Å². The number of anilines is 1. The number of rotatable bonds is 3. The van der Waals surface area contributed by atoms with Crippen LogP contribution in [0.4, 0.5) is 10.5 Å². The van der Waals surface area contributed by atoms with Gasteiger partial charge in [0.1, 0.15) is 12.6 Å². The van der Waals surface area contributed by atoms with E-state index in [9.17, 15) is 14.4 Å². The molecule has 3 heterocycles. The van der Waals surface area contributed by atoms with Crippen LogP contribution in [0.25, 0.3) is 0 Å². The van der Waals surface area contributed by atoms with Gasteiger partial charge in [0.15, 0.2) is 5.41 Å². The average Bonchev–Trinajstić information content (AvgIpc) is 3.46. The van der Waals surface area contributed by atoms with Crippen molar-refractivity contribution in [2.45, 2.75) is 25.8 Å². The first-order valence-corrected chi connectivity index (χ1v) is 11.1. The van der Waals surface area contributed by atoms with E-state index in [4.69, 9.17) is 17.0 Å². The SMILES string of the molecule is CC1=NN(c2ccccc2)C(=O)[C@]12C(=S)N[C@H](C(=O)N1CCOC1=O)[C@@H]2c1ccc(C)cc1. The van der Waals surface area contributed by atoms with Crippen LogP contribution in [-0.4, -0.2) is 52.7 Å². The van der Waals surface area contributed by atoms with Crippen molar-refractivity contribution in [2.75, 3.05) is 18.2 Å². The average molecular weight is 463 g/mol. The first-order valence-electron chi connectivity index (χ1n) is 10.7. The van der Waals surface area contributed by atoms with Gasteiger partial charge in [-0.1, -0.05) is 60.2 Å². The highest BCUT2D eigenvalue weighted by Crippen LogP contribution is 2.50. The quantitative estimate of drug-likeness (QED) is 0.706. The Hall–Kier alpha value is -3.59. The summed E-state index contributed by atoms with van der Waals surface area (Å²) in [4.78, 5) is 41.0. The monoisotopic (exact) mass is 462 g/mol. The molecule has 0 bridgehead atoms. The molecule has 2 aromatic carbocycles. The van der Waals surface area contributed by atoms with Gasteiger partial charge >= 0.3 is 6.09 Å². The van der Waals surface area contributed by atoms with Crippen LogP contribution in [0.5, 0.6) is 0 Å². The second-order valence-corrected chi connectivity index (χ2v) is 8.80. The van der Waals surface area contributed by atoms with Crippen molar-refractivity contribution in [2.24, 2.45) is 10.5 Å². The number of thiocarbonyl (C=S) groups is 1. The third-order valence-corrected chi connectivity index (χ3v) is 6.96. The van der Waals surface area contributed by atoms with Crippen molar-refractivity contribution in [1.29, 1.82) is 0 Å². The molecule has 168 valence electrons. The fourth-order valence-corrected chi connectivity index (χ4v) is 5.36. The highest BCUT2D eigenvalue weighted by Gasteiger charge is 2.66. The van der Waals surface area contributed by atoms with Crippen LogP contribution < -0.4 is 10.3 Å². The predicted molar refractivity (Wildman–Crippen MR) is 126 cm³/mol. The first-order chi connectivity index (χ1) is 15.9. The zero-order valence-electron chi connectivity index (χ0n) is 18.1. The standard InChI is InChI=1S/C24H22N4O4S/c1-14-8-10-16(11-9-14)18-19(20(29)27-12-13-32-23(27)31)25-21(33)24(18)15(2)26-28(22(24)30)17-6-4-3-5-7-17/h3-11,18-19H,12-13H2,1-2H3,(H,25,33)/t18-,19-,24+/m0/s1. The topological polar surface area (TPSA) is 91.3 Å². The number of imide groups is 1. The third-order valence-electron chi connectivity index (χ3n) is 6.53. The maximum Gasteiger partial charge on any atom is 0.416 e. The van der Waals surface area contributed by atoms with Crippen LogP contribution in [0.3, 0.4) is 0 Å². The van der Waals surface area contributed by atoms with E-state index in [1.807, 2.05) is 49.4 Å². The van der Waals surface area contributed by atoms with E-state index in [2.05, 4.69) is 10.4 Å². The van der Waals surface area contributed by atoms with Gasteiger partial charge in [-0.3, -0.25) is 9.59 Å². The van der Waals surface area contributed by atoms with Crippen LogP contribution in [0.2, 0.25) is 0 Å². The van der Waals surface area contributed by atoms with Crippen molar-refractivity contribution < 1.29 is 19.1 Å². The summed E-state index contributed by atoms with van der Waals surface area (Å²) >= 11 is 5.72. The van der Waals surface area contributed by atoms with Gasteiger partial charge in [0.05, 0.1) is 22.9 Å². The molecule has 0 aliphatic carbocycles. The van der Waals surface area contributed by atoms with Gasteiger partial charge in [-0.2, -0.15) is 10.1 Å². The number of hydrogen-bond acceptors (Lipinski definition) is 6. The number of carbonyl (C=O) groups is 3. The molecule has 0 saturated carbocycles. The smallest absolute Gasteiger partial charge is 0.416 e. The van der Waals surface area contributed by atoms with Gasteiger partial charge in [-0.15, -0.1) is 0 Å². The number of cyclic esters (lactones) is 1. The number of benzene rings is 2. The Morgan fingerprint density at radius 2 is 1.82 bits per heavy atom. The van der Waals surface area contributed by atoms with Crippen molar-refractivity contribution in [3.05, 3.63) is 65.7 Å². The molecule has 2 aromatic rings. The van der Waals surface area contributed by atoms with Crippen molar-refractivity contribution in [1.82, 2.24) is 10.2 Å². The number of amides is 3. The Morgan fingerprint density at radius 3 is 2.45 bits per heavy atom. The van der Waals surface area contributed by atoms with E-state index in [-0.39, 0.29) is 24.0 Å². The van der Waals surface area contributed by atoms with Gasteiger partial charge < -0.3 is 10.1 Å². The van der Waals surface area contributed by atoms with Crippen molar-refractivity contribution >= 4 is 46.5 Å². The van der Waals surface area contributed by atoms with Gasteiger partial charge in [-0.05, 0) is 31.5 Å². The molecule has 8 nitrogen and oxygen atoms in total. The highest BCUT2D eigenvalue weighted by atomic mass is 32.1. The minimum Gasteiger partial charge on any atom is -0.447 e. The summed E-state index contributed by atoms with van der Waals surface area (Å²) in [6.45, 7) is 4.02. The second kappa shape index (κ2) is 7.77. The normalized spacial score (nSPS) is 26.6. The number of hydrazone groups is 1. The molecule has 0 aromatic heterocycles. The summed E-state index contributed by atoms with van der Waals surface area (Å²) < 4.78 is 4.97. The lowest BCUT2D eigenvalue weighted by molar-refractivity contribution is -0.130. The third kappa shape index (κ3) is 3.06. The van der Waals surface area contributed by atoms with E-state index in [1.165, 1.54) is 5.01 Å². The Bertz CT molecular complexity index is 1200. The van der Waals surface area contributed by atoms with Gasteiger partial charge in [0.25, 0.3) is 11.8 Å². The molecule has 9 heteroatoms. The second-order valence-electron chi connectivity index (χ2n) is 8.39. The molecule has 0 unspecified atom stereocenters. The van der Waals surface area contributed by atoms with Crippen LogP contribution in [-0.2, 0) is 14.3 Å². The van der Waals surface area contributed by atoms with Gasteiger partial charge in [0.2, 0.25) is 0 Å². The molecular formula is C24H22N4O4S. The number of para-hydroxylation sites is 1. The van der Waals surface area contributed by atoms with Crippen LogP contribution in [0.1, 0.15) is 24.0 Å². The number of aryl methyl sites for hydroxylation is 1. The zero-order chi connectivity index (χ0) is 23.3. The lowest BCUT2D eigenvalue weighted by Crippen LogP contribution is -2.49. The molecule has 3 atom stereocenters. The minimum atomic E-state index is -1.34. The number of ether oxygens (including phenoxy) is 1. The zero-order valence-corrected chi connectivity index (χ0v) is 19.0. The summed E-state index contributed by atoms with van der Waals surface area (Å²) in [5.74, 6) is -1.48. The Balaban J connectivity index is 1.64. The van der Waals surface area contributed by atoms with Crippen molar-refractivity contribution in [3.63, 3.8) is 0 Å². The van der Waals surface area contributed by atoms with Crippen LogP contribution >= 0.6 is 12.2 Å². The van der Waals surface area contributed by atoms with E-state index in [0.717, 1.165) is 16.0 Å². The summed E-state index contributed by atoms with van der Waals surface area (Å²) in [5.41, 5.74) is 1.57. The fourth-order valence-electron chi connectivity index (χ4n) is 4.87. The Labute approximate surface area is 196 Å². The van der Waals surface area contributed by atoms with E-state index >= 15 is 0 Å². The molecule has 3 amide bonds. The first kappa shape index (κ1) is 21.3. The Morgan fingerprint density at radius 1 is 1.12 bits per heavy atom. The van der Waals surface area contributed by atoms with Crippen LogP contribution in [0, 0.1) is 12.3 Å². The largest absolute Gasteiger partial charge is 0.447 e. The lowest BCUT2D eigenvalue weighted by atomic mass is 9.68. The molecule has 2 fully saturated rings. The van der Waals surface area contributed by atoms with E-state index in [1.54, 1.807) is 19.1 Å². The Kier molecular flexibility index (Phi) is 5.01. The number of hydrogen-bond donors (Lipinski definition) is 1. The summed E-state index contributed by atoms with van der Waals surface area (Å²) in [5, 5.41) is 9.01. The van der Waals surface area contributed by atoms with E-state index < -0.39 is 29.4 Å². The summed E-state index contributed by atoms with van der Waals surface area (Å²) in [6, 6.07) is 15.8. The molecule has 2 saturated heterocycles. The molecule has 0 radical (unpaired) electrons. The molecule has 1 spiro atoms. The van der Waals surface area contributed by atoms with E-state index in [0.29, 0.717) is 11.4 Å². The lowest BCUT2D eigenvalue weighted by Gasteiger charge is -2.31.